The van der Waals surface area contributed by atoms with Crippen LogP contribution in [0.4, 0.5) is 0 Å². The topological polar surface area (TPSA) is 373 Å². The lowest BCUT2D eigenvalue weighted by atomic mass is 10.0. The molecule has 2 aromatic carbocycles. The van der Waals surface area contributed by atoms with Crippen LogP contribution < -0.4 is 37.6 Å². The third kappa shape index (κ3) is 15.7. The Morgan fingerprint density at radius 3 is 1.56 bits per heavy atom. The smallest absolute Gasteiger partial charge is 0.327 e. The summed E-state index contributed by atoms with van der Waals surface area (Å²) in [4.78, 5) is 129. The Labute approximate surface area is 371 Å². The zero-order valence-corrected chi connectivity index (χ0v) is 35.6. The molecular weight excluding hydrogens is 865 g/mol. The van der Waals surface area contributed by atoms with E-state index in [0.717, 1.165) is 0 Å². The Morgan fingerprint density at radius 1 is 0.625 bits per heavy atom. The number of aromatic hydroxyl groups is 2. The van der Waals surface area contributed by atoms with Crippen molar-refractivity contribution >= 4 is 71.9 Å². The lowest BCUT2D eigenvalue weighted by molar-refractivity contribution is -0.144. The Hall–Kier alpha value is -6.95. The first-order chi connectivity index (χ1) is 30.1. The van der Waals surface area contributed by atoms with Gasteiger partial charge in [-0.2, -0.15) is 12.6 Å². The average Bonchev–Trinajstić information content (AvgIpc) is 3.73. The molecule has 64 heavy (non-hydrogen) atoms. The third-order valence-corrected chi connectivity index (χ3v) is 10.2. The molecule has 8 atom stereocenters. The van der Waals surface area contributed by atoms with E-state index in [0.29, 0.717) is 17.5 Å². The van der Waals surface area contributed by atoms with Crippen LogP contribution in [0.3, 0.4) is 0 Å². The summed E-state index contributed by atoms with van der Waals surface area (Å²) in [6.45, 7) is 2.74. The first kappa shape index (κ1) is 51.4. The molecule has 24 heteroatoms. The maximum Gasteiger partial charge on any atom is 0.327 e. The summed E-state index contributed by atoms with van der Waals surface area (Å²) in [7, 11) is 0. The summed E-state index contributed by atoms with van der Waals surface area (Å²) in [6, 6.07) is -0.783. The van der Waals surface area contributed by atoms with Crippen LogP contribution in [0.1, 0.15) is 50.7 Å². The maximum absolute atomic E-state index is 13.8. The van der Waals surface area contributed by atoms with Crippen LogP contribution in [0.25, 0.3) is 0 Å². The van der Waals surface area contributed by atoms with Crippen molar-refractivity contribution in [3.63, 3.8) is 0 Å². The van der Waals surface area contributed by atoms with E-state index in [1.807, 2.05) is 0 Å². The second-order valence-electron chi connectivity index (χ2n) is 15.0. The van der Waals surface area contributed by atoms with Crippen LogP contribution in [0.15, 0.2) is 48.5 Å². The Kier molecular flexibility index (Phi) is 19.3. The number of carbonyl (C=O) groups is 10. The molecule has 2 aromatic rings. The number of aliphatic carboxylic acids is 3. The second kappa shape index (κ2) is 24.0. The number of carboxylic acid groups (broad SMARTS) is 3. The van der Waals surface area contributed by atoms with Crippen LogP contribution in [0.5, 0.6) is 11.5 Å². The highest BCUT2D eigenvalue weighted by molar-refractivity contribution is 7.80. The molecule has 1 saturated heterocycles. The van der Waals surface area contributed by atoms with Gasteiger partial charge in [0.2, 0.25) is 41.4 Å². The molecule has 0 spiro atoms. The van der Waals surface area contributed by atoms with E-state index in [4.69, 9.17) is 10.8 Å². The monoisotopic (exact) mass is 916 g/mol. The van der Waals surface area contributed by atoms with Crippen LogP contribution in [0.2, 0.25) is 0 Å². The normalized spacial score (nSPS) is 16.6. The number of nitrogens with one attached hydrogen (secondary N) is 6. The summed E-state index contributed by atoms with van der Waals surface area (Å²) in [5.41, 5.74) is 6.42. The van der Waals surface area contributed by atoms with E-state index < -0.39 is 120 Å². The minimum Gasteiger partial charge on any atom is -0.508 e. The highest BCUT2D eigenvalue weighted by Gasteiger charge is 2.38. The Morgan fingerprint density at radius 2 is 1.08 bits per heavy atom. The molecule has 0 aromatic heterocycles. The summed E-state index contributed by atoms with van der Waals surface area (Å²) < 4.78 is 0. The van der Waals surface area contributed by atoms with Gasteiger partial charge in [0.25, 0.3) is 0 Å². The summed E-state index contributed by atoms with van der Waals surface area (Å²) in [5, 5.41) is 61.7. The summed E-state index contributed by atoms with van der Waals surface area (Å²) >= 11 is 3.93. The zero-order valence-electron chi connectivity index (χ0n) is 34.7. The molecule has 1 heterocycles. The van der Waals surface area contributed by atoms with Crippen LogP contribution in [-0.4, -0.2) is 150 Å². The van der Waals surface area contributed by atoms with Crippen LogP contribution in [-0.2, 0) is 60.8 Å². The number of hydrogen-bond acceptors (Lipinski definition) is 14. The largest absolute Gasteiger partial charge is 0.508 e. The quantitative estimate of drug-likeness (QED) is 0.0498. The summed E-state index contributed by atoms with van der Waals surface area (Å²) in [6.07, 6.45) is -1.80. The van der Waals surface area contributed by atoms with Crippen molar-refractivity contribution < 1.29 is 73.5 Å². The number of phenols is 2. The third-order valence-electron chi connectivity index (χ3n) is 9.88. The first-order valence-corrected chi connectivity index (χ1v) is 20.4. The lowest BCUT2D eigenvalue weighted by Gasteiger charge is -2.29. The molecule has 3 rings (SSSR count). The molecule has 1 aliphatic heterocycles. The van der Waals surface area contributed by atoms with E-state index in [-0.39, 0.29) is 43.1 Å². The molecule has 0 unspecified atom stereocenters. The lowest BCUT2D eigenvalue weighted by Crippen LogP contribution is -2.60. The number of thiol groups is 1. The number of carbonyl (C=O) groups excluding carboxylic acids is 7. The number of carboxylic acids is 3. The van der Waals surface area contributed by atoms with E-state index in [1.54, 1.807) is 0 Å². The highest BCUT2D eigenvalue weighted by Crippen LogP contribution is 2.19. The van der Waals surface area contributed by atoms with Gasteiger partial charge in [0.15, 0.2) is 0 Å². The maximum atomic E-state index is 13.8. The van der Waals surface area contributed by atoms with Gasteiger partial charge < -0.3 is 68.1 Å². The molecule has 1 aliphatic rings. The minimum atomic E-state index is -1.90. The van der Waals surface area contributed by atoms with Crippen LogP contribution >= 0.6 is 12.6 Å². The van der Waals surface area contributed by atoms with Gasteiger partial charge in [-0.1, -0.05) is 24.3 Å². The van der Waals surface area contributed by atoms with Gasteiger partial charge in [-0.25, -0.2) is 4.79 Å². The van der Waals surface area contributed by atoms with Gasteiger partial charge in [-0.15, -0.1) is 0 Å². The van der Waals surface area contributed by atoms with Crippen molar-refractivity contribution in [2.45, 2.75) is 101 Å². The van der Waals surface area contributed by atoms with Gasteiger partial charge >= 0.3 is 17.9 Å². The molecule has 0 bridgehead atoms. The van der Waals surface area contributed by atoms with Crippen molar-refractivity contribution in [2.75, 3.05) is 12.3 Å². The molecule has 23 nitrogen and oxygen atoms in total. The van der Waals surface area contributed by atoms with Crippen LogP contribution in [0, 0.1) is 0 Å². The number of nitrogens with two attached hydrogens (primary N) is 1. The van der Waals surface area contributed by atoms with Gasteiger partial charge in [0.1, 0.15) is 53.8 Å². The number of nitrogens with zero attached hydrogens (tertiary/aromatic N) is 1. The van der Waals surface area contributed by atoms with Crippen molar-refractivity contribution in [3.05, 3.63) is 59.7 Å². The van der Waals surface area contributed by atoms with Crippen molar-refractivity contribution in [2.24, 2.45) is 5.73 Å². The number of rotatable bonds is 23. The first-order valence-electron chi connectivity index (χ1n) is 19.8. The standard InChI is InChI=1S/C40H52N8O15S/c1-19(33(55)43-20(2)39(61)48-13-3-4-30(48)38(60)47-29(18-64)40(62)63)42-35(57)26(14-21-5-9-23(49)10-6-21)45-37(59)28(17-32(53)54)46-36(58)27(15-22-7-11-24(50)12-8-22)44-34(56)25(41)16-31(51)52/h5-12,19-20,25-30,49-50,64H,3-4,13-18,41H2,1-2H3,(H,42,57)(H,43,55)(H,44,56)(H,45,59)(H,46,58)(H,47,60)(H,51,52)(H,53,54)(H,62,63)/t19-,20-,25-,26-,27-,28-,29-,30-/m0/s1. The van der Waals surface area contributed by atoms with Gasteiger partial charge in [0, 0.05) is 25.1 Å². The van der Waals surface area contributed by atoms with E-state index >= 15 is 0 Å². The van der Waals surface area contributed by atoms with Crippen molar-refractivity contribution in [3.8, 4) is 11.5 Å². The summed E-state index contributed by atoms with van der Waals surface area (Å²) in [5.74, 6) is -11.4. The Balaban J connectivity index is 1.80. The second-order valence-corrected chi connectivity index (χ2v) is 15.3. The van der Waals surface area contributed by atoms with Gasteiger partial charge in [0.05, 0.1) is 18.9 Å². The molecule has 348 valence electrons. The zero-order chi connectivity index (χ0) is 47.8. The number of amides is 7. The van der Waals surface area contributed by atoms with Gasteiger partial charge in [-0.05, 0) is 62.1 Å². The molecule has 1 fully saturated rings. The Bertz CT molecular complexity index is 2060. The van der Waals surface area contributed by atoms with Crippen molar-refractivity contribution in [1.29, 1.82) is 0 Å². The predicted molar refractivity (Wildman–Crippen MR) is 225 cm³/mol. The average molecular weight is 917 g/mol. The highest BCUT2D eigenvalue weighted by atomic mass is 32.1. The van der Waals surface area contributed by atoms with E-state index in [1.165, 1.54) is 67.3 Å². The molecule has 7 amide bonds. The fraction of sp³-hybridized carbons (Fsp3) is 0.450. The molecule has 0 saturated carbocycles. The number of benzene rings is 2. The predicted octanol–water partition coefficient (Wildman–Crippen LogP) is -2.89. The molecular formula is C40H52N8O15S. The SMILES string of the molecule is C[C@H](NC(=O)[C@H](Cc1ccc(O)cc1)NC(=O)[C@H](CC(=O)O)NC(=O)[C@H](Cc1ccc(O)cc1)NC(=O)[C@@H](N)CC(=O)O)C(=O)N[C@@H](C)C(=O)N1CCC[C@H]1C(=O)N[C@@H](CS)C(=O)O. The number of hydrogen-bond donors (Lipinski definition) is 13. The molecule has 0 aliphatic carbocycles. The van der Waals surface area contributed by atoms with Gasteiger partial charge in [-0.3, -0.25) is 43.2 Å². The number of likely N-dealkylation sites (tertiary alicyclic amines) is 1. The molecule has 13 N–H and O–H groups in total. The molecule has 0 radical (unpaired) electrons. The minimum absolute atomic E-state index is 0.126. The fourth-order valence-corrected chi connectivity index (χ4v) is 6.67. The van der Waals surface area contributed by atoms with Crippen molar-refractivity contribution in [1.82, 2.24) is 36.8 Å². The number of phenolic OH excluding ortho intramolecular Hbond substituents is 2. The van der Waals surface area contributed by atoms with E-state index in [2.05, 4.69) is 44.5 Å². The van der Waals surface area contributed by atoms with E-state index in [9.17, 15) is 68.4 Å². The fourth-order valence-electron chi connectivity index (χ4n) is 6.43.